The van der Waals surface area contributed by atoms with Gasteiger partial charge in [0, 0.05) is 12.1 Å². The first-order chi connectivity index (χ1) is 11.5. The van der Waals surface area contributed by atoms with Crippen molar-refractivity contribution in [2.45, 2.75) is 18.9 Å². The standard InChI is InChI=1S/C17H21N5O2/c18-14(6-3-9-21-17(19)20)16(24)22-15(23)13-8-7-11-4-1-2-5-12(11)10-13/h1-2,4-5,7-8,10,14H,3,6,9,18H2,(H4,19,20,21)(H,22,23,24)/t14-/m0/s1. The summed E-state index contributed by atoms with van der Waals surface area (Å²) in [5.41, 5.74) is 11.3. The molecule has 0 spiro atoms. The molecular formula is C17H21N5O2. The molecule has 0 bridgehead atoms. The number of benzene rings is 2. The number of hydrogen-bond acceptors (Lipinski definition) is 4. The first-order valence-corrected chi connectivity index (χ1v) is 7.65. The highest BCUT2D eigenvalue weighted by Crippen LogP contribution is 2.15. The lowest BCUT2D eigenvalue weighted by Gasteiger charge is -2.12. The second-order valence-electron chi connectivity index (χ2n) is 5.47. The second-order valence-corrected chi connectivity index (χ2v) is 5.47. The molecule has 1 atom stereocenters. The van der Waals surface area contributed by atoms with Gasteiger partial charge in [0.25, 0.3) is 5.91 Å². The molecule has 0 aliphatic heterocycles. The normalized spacial score (nSPS) is 11.7. The minimum Gasteiger partial charge on any atom is -0.370 e. The third-order valence-corrected chi connectivity index (χ3v) is 3.59. The van der Waals surface area contributed by atoms with Crippen molar-refractivity contribution in [2.75, 3.05) is 6.54 Å². The van der Waals surface area contributed by atoms with Gasteiger partial charge in [-0.05, 0) is 35.7 Å². The van der Waals surface area contributed by atoms with Gasteiger partial charge in [0.15, 0.2) is 5.96 Å². The number of carbonyl (C=O) groups excluding carboxylic acids is 2. The Labute approximate surface area is 139 Å². The molecule has 7 heteroatoms. The minimum absolute atomic E-state index is 0.125. The zero-order valence-corrected chi connectivity index (χ0v) is 13.2. The largest absolute Gasteiger partial charge is 0.370 e. The number of rotatable bonds is 6. The Balaban J connectivity index is 1.90. The predicted molar refractivity (Wildman–Crippen MR) is 93.5 cm³/mol. The number of nitrogens with one attached hydrogen (secondary N) is 3. The van der Waals surface area contributed by atoms with Crippen LogP contribution in [0.1, 0.15) is 23.2 Å². The Morgan fingerprint density at radius 3 is 2.54 bits per heavy atom. The summed E-state index contributed by atoms with van der Waals surface area (Å²) in [7, 11) is 0. The fourth-order valence-corrected chi connectivity index (χ4v) is 2.28. The summed E-state index contributed by atoms with van der Waals surface area (Å²) in [5.74, 6) is -1.11. The molecule has 24 heavy (non-hydrogen) atoms. The highest BCUT2D eigenvalue weighted by molar-refractivity contribution is 6.07. The minimum atomic E-state index is -0.789. The Bertz CT molecular complexity index is 759. The van der Waals surface area contributed by atoms with Crippen LogP contribution in [-0.2, 0) is 4.79 Å². The van der Waals surface area contributed by atoms with Crippen molar-refractivity contribution >= 4 is 28.5 Å². The summed E-state index contributed by atoms with van der Waals surface area (Å²) >= 11 is 0. The monoisotopic (exact) mass is 327 g/mol. The van der Waals surface area contributed by atoms with Gasteiger partial charge in [0.1, 0.15) is 0 Å². The molecule has 0 aromatic heterocycles. The van der Waals surface area contributed by atoms with Crippen molar-refractivity contribution in [3.8, 4) is 0 Å². The van der Waals surface area contributed by atoms with Crippen LogP contribution in [0.15, 0.2) is 42.5 Å². The maximum atomic E-state index is 12.2. The van der Waals surface area contributed by atoms with Gasteiger partial charge < -0.3 is 16.8 Å². The van der Waals surface area contributed by atoms with Crippen LogP contribution >= 0.6 is 0 Å². The lowest BCUT2D eigenvalue weighted by Crippen LogP contribution is -2.43. The topological polar surface area (TPSA) is 134 Å². The van der Waals surface area contributed by atoms with E-state index in [0.29, 0.717) is 24.9 Å². The lowest BCUT2D eigenvalue weighted by molar-refractivity contribution is -0.121. The predicted octanol–water partition coefficient (Wildman–Crippen LogP) is 0.687. The van der Waals surface area contributed by atoms with E-state index in [1.54, 1.807) is 12.1 Å². The van der Waals surface area contributed by atoms with Crippen LogP contribution in [0.3, 0.4) is 0 Å². The van der Waals surface area contributed by atoms with Crippen molar-refractivity contribution in [3.05, 3.63) is 48.0 Å². The van der Waals surface area contributed by atoms with E-state index in [1.807, 2.05) is 30.3 Å². The van der Waals surface area contributed by atoms with Crippen LogP contribution < -0.4 is 22.1 Å². The lowest BCUT2D eigenvalue weighted by atomic mass is 10.1. The molecule has 7 N–H and O–H groups in total. The van der Waals surface area contributed by atoms with Gasteiger partial charge >= 0.3 is 0 Å². The smallest absolute Gasteiger partial charge is 0.257 e. The number of nitrogens with two attached hydrogens (primary N) is 2. The SMILES string of the molecule is N=C(N)NCCC[C@H](N)C(=O)NC(=O)c1ccc2ccccc2c1. The number of amides is 2. The summed E-state index contributed by atoms with van der Waals surface area (Å²) in [6.45, 7) is 0.453. The van der Waals surface area contributed by atoms with Crippen molar-refractivity contribution in [1.82, 2.24) is 10.6 Å². The van der Waals surface area contributed by atoms with Crippen LogP contribution in [0, 0.1) is 5.41 Å². The Morgan fingerprint density at radius 1 is 1.12 bits per heavy atom. The summed E-state index contributed by atoms with van der Waals surface area (Å²) in [6, 6.07) is 12.1. The van der Waals surface area contributed by atoms with E-state index < -0.39 is 17.9 Å². The molecule has 2 rings (SSSR count). The highest BCUT2D eigenvalue weighted by atomic mass is 16.2. The molecule has 0 aliphatic carbocycles. The summed E-state index contributed by atoms with van der Waals surface area (Å²) < 4.78 is 0. The van der Waals surface area contributed by atoms with Gasteiger partial charge in [0.2, 0.25) is 5.91 Å². The van der Waals surface area contributed by atoms with Crippen LogP contribution in [0.5, 0.6) is 0 Å². The first kappa shape index (κ1) is 17.4. The molecule has 2 aromatic carbocycles. The molecule has 0 saturated heterocycles. The van der Waals surface area contributed by atoms with Crippen LogP contribution in [0.25, 0.3) is 10.8 Å². The fourth-order valence-electron chi connectivity index (χ4n) is 2.28. The number of guanidine groups is 1. The Hall–Kier alpha value is -2.93. The molecule has 2 amide bonds. The average Bonchev–Trinajstić information content (AvgIpc) is 2.57. The van der Waals surface area contributed by atoms with E-state index in [1.165, 1.54) is 0 Å². The van der Waals surface area contributed by atoms with Crippen molar-refractivity contribution in [1.29, 1.82) is 5.41 Å². The van der Waals surface area contributed by atoms with Crippen LogP contribution in [0.4, 0.5) is 0 Å². The molecule has 7 nitrogen and oxygen atoms in total. The molecule has 126 valence electrons. The number of hydrogen-bond donors (Lipinski definition) is 5. The van der Waals surface area contributed by atoms with Crippen molar-refractivity contribution in [3.63, 3.8) is 0 Å². The van der Waals surface area contributed by atoms with Crippen molar-refractivity contribution < 1.29 is 9.59 Å². The van der Waals surface area contributed by atoms with Crippen LogP contribution in [0.2, 0.25) is 0 Å². The quantitative estimate of drug-likeness (QED) is 0.302. The average molecular weight is 327 g/mol. The molecule has 0 fully saturated rings. The van der Waals surface area contributed by atoms with E-state index >= 15 is 0 Å². The summed E-state index contributed by atoms with van der Waals surface area (Å²) in [6.07, 6.45) is 0.954. The summed E-state index contributed by atoms with van der Waals surface area (Å²) in [4.78, 5) is 24.2. The third kappa shape index (κ3) is 4.79. The van der Waals surface area contributed by atoms with Gasteiger partial charge in [-0.2, -0.15) is 0 Å². The van der Waals surface area contributed by atoms with E-state index in [0.717, 1.165) is 10.8 Å². The molecule has 0 unspecified atom stereocenters. The molecule has 2 aromatic rings. The van der Waals surface area contributed by atoms with Gasteiger partial charge in [-0.1, -0.05) is 30.3 Å². The van der Waals surface area contributed by atoms with Gasteiger partial charge in [-0.3, -0.25) is 20.3 Å². The van der Waals surface area contributed by atoms with Gasteiger partial charge in [-0.15, -0.1) is 0 Å². The summed E-state index contributed by atoms with van der Waals surface area (Å²) in [5, 5.41) is 13.9. The number of imide groups is 1. The maximum Gasteiger partial charge on any atom is 0.257 e. The van der Waals surface area contributed by atoms with E-state index in [2.05, 4.69) is 10.6 Å². The van der Waals surface area contributed by atoms with Gasteiger partial charge in [0.05, 0.1) is 6.04 Å². The molecule has 0 saturated carbocycles. The Morgan fingerprint density at radius 2 is 1.83 bits per heavy atom. The van der Waals surface area contributed by atoms with E-state index in [-0.39, 0.29) is 5.96 Å². The number of fused-ring (bicyclic) bond motifs is 1. The van der Waals surface area contributed by atoms with Crippen LogP contribution in [-0.4, -0.2) is 30.4 Å². The molecular weight excluding hydrogens is 306 g/mol. The zero-order chi connectivity index (χ0) is 17.5. The maximum absolute atomic E-state index is 12.2. The highest BCUT2D eigenvalue weighted by Gasteiger charge is 2.17. The first-order valence-electron chi connectivity index (χ1n) is 7.65. The molecule has 0 radical (unpaired) electrons. The van der Waals surface area contributed by atoms with E-state index in [4.69, 9.17) is 16.9 Å². The van der Waals surface area contributed by atoms with Crippen molar-refractivity contribution in [2.24, 2.45) is 11.5 Å². The molecule has 0 aliphatic rings. The Kier molecular flexibility index (Phi) is 5.86. The second kappa shape index (κ2) is 8.07. The molecule has 0 heterocycles. The fraction of sp³-hybridized carbons (Fsp3) is 0.235. The van der Waals surface area contributed by atoms with Gasteiger partial charge in [-0.25, -0.2) is 0 Å². The van der Waals surface area contributed by atoms with E-state index in [9.17, 15) is 9.59 Å². The number of carbonyl (C=O) groups is 2. The third-order valence-electron chi connectivity index (χ3n) is 3.59. The zero-order valence-electron chi connectivity index (χ0n) is 13.2.